The summed E-state index contributed by atoms with van der Waals surface area (Å²) in [4.78, 5) is 6.61. The maximum atomic E-state index is 12.2. The van der Waals surface area contributed by atoms with E-state index in [1.165, 1.54) is 4.90 Å². The molecular formula is C11H16F3N3S. The Morgan fingerprint density at radius 3 is 3.00 bits per heavy atom. The second-order valence-electron chi connectivity index (χ2n) is 4.60. The summed E-state index contributed by atoms with van der Waals surface area (Å²) in [5.74, 6) is 0.320. The number of rotatable bonds is 5. The topological polar surface area (TPSA) is 28.2 Å². The molecule has 18 heavy (non-hydrogen) atoms. The van der Waals surface area contributed by atoms with Crippen LogP contribution in [0.2, 0.25) is 0 Å². The Bertz CT molecular complexity index is 353. The average Bonchev–Trinajstić information content (AvgIpc) is 2.88. The van der Waals surface area contributed by atoms with Crippen LogP contribution in [-0.4, -0.2) is 42.2 Å². The fourth-order valence-electron chi connectivity index (χ4n) is 2.21. The highest BCUT2D eigenvalue weighted by Crippen LogP contribution is 2.22. The Balaban J connectivity index is 1.64. The number of aromatic nitrogens is 1. The summed E-state index contributed by atoms with van der Waals surface area (Å²) in [6.45, 7) is 1.83. The molecule has 0 bridgehead atoms. The van der Waals surface area contributed by atoms with Crippen molar-refractivity contribution in [1.29, 1.82) is 0 Å². The number of nitrogens with one attached hydrogen (secondary N) is 1. The molecule has 2 heterocycles. The van der Waals surface area contributed by atoms with E-state index in [-0.39, 0.29) is 0 Å². The van der Waals surface area contributed by atoms with Crippen molar-refractivity contribution in [3.05, 3.63) is 16.6 Å². The molecule has 7 heteroatoms. The Hall–Kier alpha value is -0.660. The third-order valence-corrected chi connectivity index (χ3v) is 3.77. The van der Waals surface area contributed by atoms with E-state index in [1.54, 1.807) is 16.8 Å². The molecule has 1 saturated heterocycles. The number of alkyl halides is 3. The zero-order chi connectivity index (χ0) is 13.0. The molecule has 0 amide bonds. The molecule has 0 aromatic carbocycles. The smallest absolute Gasteiger partial charge is 0.311 e. The molecule has 1 aliphatic heterocycles. The van der Waals surface area contributed by atoms with Gasteiger partial charge in [-0.05, 0) is 25.4 Å². The number of likely N-dealkylation sites (tertiary alicyclic amines) is 1. The molecule has 3 nitrogen and oxygen atoms in total. The largest absolute Gasteiger partial charge is 0.401 e. The predicted molar refractivity (Wildman–Crippen MR) is 64.4 cm³/mol. The SMILES string of the molecule is FC(F)(F)CN1CCC(CNCc2cncs2)C1. The van der Waals surface area contributed by atoms with E-state index >= 15 is 0 Å². The normalized spacial score (nSPS) is 21.6. The van der Waals surface area contributed by atoms with E-state index < -0.39 is 12.7 Å². The summed E-state index contributed by atoms with van der Waals surface area (Å²) in [5, 5.41) is 3.28. The van der Waals surface area contributed by atoms with Gasteiger partial charge in [0.25, 0.3) is 0 Å². The molecule has 1 N–H and O–H groups in total. The van der Waals surface area contributed by atoms with Crippen molar-refractivity contribution in [2.75, 3.05) is 26.2 Å². The van der Waals surface area contributed by atoms with Crippen molar-refractivity contribution in [3.8, 4) is 0 Å². The van der Waals surface area contributed by atoms with Gasteiger partial charge in [0.1, 0.15) is 0 Å². The van der Waals surface area contributed by atoms with Crippen molar-refractivity contribution < 1.29 is 13.2 Å². The van der Waals surface area contributed by atoms with Crippen molar-refractivity contribution in [2.24, 2.45) is 5.92 Å². The Kier molecular flexibility index (Phi) is 4.58. The lowest BCUT2D eigenvalue weighted by Crippen LogP contribution is -2.33. The fourth-order valence-corrected chi connectivity index (χ4v) is 2.77. The summed E-state index contributed by atoms with van der Waals surface area (Å²) in [6.07, 6.45) is -1.43. The van der Waals surface area contributed by atoms with Gasteiger partial charge >= 0.3 is 6.18 Å². The highest BCUT2D eigenvalue weighted by atomic mass is 32.1. The molecule has 1 aromatic heterocycles. The zero-order valence-electron chi connectivity index (χ0n) is 9.91. The maximum Gasteiger partial charge on any atom is 0.401 e. The lowest BCUT2D eigenvalue weighted by atomic mass is 10.1. The van der Waals surface area contributed by atoms with Crippen molar-refractivity contribution in [2.45, 2.75) is 19.1 Å². The van der Waals surface area contributed by atoms with Gasteiger partial charge in [0.05, 0.1) is 12.1 Å². The van der Waals surface area contributed by atoms with Crippen LogP contribution in [0.3, 0.4) is 0 Å². The molecule has 1 aliphatic rings. The zero-order valence-corrected chi connectivity index (χ0v) is 10.7. The predicted octanol–water partition coefficient (Wildman–Crippen LogP) is 2.12. The monoisotopic (exact) mass is 279 g/mol. The molecule has 102 valence electrons. The van der Waals surface area contributed by atoms with Crippen molar-refractivity contribution in [3.63, 3.8) is 0 Å². The van der Waals surface area contributed by atoms with Crippen LogP contribution < -0.4 is 5.32 Å². The fraction of sp³-hybridized carbons (Fsp3) is 0.727. The molecule has 1 atom stereocenters. The van der Waals surface area contributed by atoms with Gasteiger partial charge < -0.3 is 5.32 Å². The molecule has 0 saturated carbocycles. The van der Waals surface area contributed by atoms with Gasteiger partial charge in [-0.25, -0.2) is 0 Å². The average molecular weight is 279 g/mol. The van der Waals surface area contributed by atoms with Gasteiger partial charge in [0.15, 0.2) is 0 Å². The van der Waals surface area contributed by atoms with E-state index in [1.807, 2.05) is 6.20 Å². The van der Waals surface area contributed by atoms with Crippen LogP contribution >= 0.6 is 11.3 Å². The van der Waals surface area contributed by atoms with Crippen molar-refractivity contribution >= 4 is 11.3 Å². The van der Waals surface area contributed by atoms with Crippen LogP contribution in [0.1, 0.15) is 11.3 Å². The van der Waals surface area contributed by atoms with Crippen LogP contribution in [0.5, 0.6) is 0 Å². The van der Waals surface area contributed by atoms with Crippen LogP contribution in [0.4, 0.5) is 13.2 Å². The first kappa shape index (κ1) is 13.8. The van der Waals surface area contributed by atoms with Gasteiger partial charge in [-0.15, -0.1) is 11.3 Å². The molecule has 0 aliphatic carbocycles. The minimum atomic E-state index is -4.08. The Morgan fingerprint density at radius 1 is 1.50 bits per heavy atom. The highest BCUT2D eigenvalue weighted by molar-refractivity contribution is 7.09. The summed E-state index contributed by atoms with van der Waals surface area (Å²) in [6, 6.07) is 0. The molecule has 2 rings (SSSR count). The number of hydrogen-bond donors (Lipinski definition) is 1. The van der Waals surface area contributed by atoms with Crippen LogP contribution in [0.25, 0.3) is 0 Å². The quantitative estimate of drug-likeness (QED) is 0.895. The first-order valence-corrected chi connectivity index (χ1v) is 6.78. The highest BCUT2D eigenvalue weighted by Gasteiger charge is 2.34. The number of halogens is 3. The first-order chi connectivity index (χ1) is 8.53. The second-order valence-corrected chi connectivity index (χ2v) is 5.57. The third kappa shape index (κ3) is 4.55. The maximum absolute atomic E-state index is 12.2. The van der Waals surface area contributed by atoms with Crippen LogP contribution in [-0.2, 0) is 6.54 Å². The van der Waals surface area contributed by atoms with E-state index in [0.29, 0.717) is 19.0 Å². The molecular weight excluding hydrogens is 263 g/mol. The summed E-state index contributed by atoms with van der Waals surface area (Å²) in [7, 11) is 0. The van der Waals surface area contributed by atoms with E-state index in [9.17, 15) is 13.2 Å². The first-order valence-electron chi connectivity index (χ1n) is 5.90. The summed E-state index contributed by atoms with van der Waals surface area (Å²) in [5.41, 5.74) is 1.78. The molecule has 1 aromatic rings. The van der Waals surface area contributed by atoms with Crippen LogP contribution in [0, 0.1) is 5.92 Å². The molecule has 0 radical (unpaired) electrons. The Labute approximate surface area is 108 Å². The van der Waals surface area contributed by atoms with Gasteiger partial charge in [0, 0.05) is 24.2 Å². The number of hydrogen-bond acceptors (Lipinski definition) is 4. The number of nitrogens with zero attached hydrogens (tertiary/aromatic N) is 2. The minimum absolute atomic E-state index is 0.320. The van der Waals surface area contributed by atoms with Gasteiger partial charge in [-0.3, -0.25) is 9.88 Å². The lowest BCUT2D eigenvalue weighted by Gasteiger charge is -2.17. The van der Waals surface area contributed by atoms with Gasteiger partial charge in [-0.2, -0.15) is 13.2 Å². The summed E-state index contributed by atoms with van der Waals surface area (Å²) >= 11 is 1.58. The van der Waals surface area contributed by atoms with E-state index in [4.69, 9.17) is 0 Å². The Morgan fingerprint density at radius 2 is 2.33 bits per heavy atom. The summed E-state index contributed by atoms with van der Waals surface area (Å²) < 4.78 is 36.6. The van der Waals surface area contributed by atoms with E-state index in [0.717, 1.165) is 24.4 Å². The van der Waals surface area contributed by atoms with E-state index in [2.05, 4.69) is 10.3 Å². The minimum Gasteiger partial charge on any atom is -0.311 e. The van der Waals surface area contributed by atoms with Gasteiger partial charge in [-0.1, -0.05) is 0 Å². The number of thiazole rings is 1. The molecule has 1 unspecified atom stereocenters. The standard InChI is InChI=1S/C11H16F3N3S/c12-11(13,14)7-17-2-1-9(6-17)3-15-4-10-5-16-8-18-10/h5,8-9,15H,1-4,6-7H2. The lowest BCUT2D eigenvalue weighted by molar-refractivity contribution is -0.143. The molecule has 1 fully saturated rings. The third-order valence-electron chi connectivity index (χ3n) is 2.99. The van der Waals surface area contributed by atoms with Crippen LogP contribution in [0.15, 0.2) is 11.7 Å². The van der Waals surface area contributed by atoms with Crippen molar-refractivity contribution in [1.82, 2.24) is 15.2 Å². The second kappa shape index (κ2) is 5.99. The molecule has 0 spiro atoms. The van der Waals surface area contributed by atoms with Gasteiger partial charge in [0.2, 0.25) is 0 Å².